The fourth-order valence-corrected chi connectivity index (χ4v) is 1.97. The first-order valence-corrected chi connectivity index (χ1v) is 5.42. The second-order valence-electron chi connectivity index (χ2n) is 5.17. The van der Waals surface area contributed by atoms with Gasteiger partial charge in [-0.05, 0) is 6.42 Å². The van der Waals surface area contributed by atoms with E-state index in [0.717, 1.165) is 19.6 Å². The largest absolute Gasteiger partial charge is 0.382 e. The highest BCUT2D eigenvalue weighted by atomic mass is 16.5. The van der Waals surface area contributed by atoms with Gasteiger partial charge in [-0.25, -0.2) is 0 Å². The van der Waals surface area contributed by atoms with E-state index in [-0.39, 0.29) is 5.41 Å². The smallest absolute Gasteiger partial charge is 0.145 e. The summed E-state index contributed by atoms with van der Waals surface area (Å²) in [4.78, 5) is 0. The molecule has 0 unspecified atom stereocenters. The highest BCUT2D eigenvalue weighted by Crippen LogP contribution is 2.29. The molecule has 1 aromatic heterocycles. The Kier molecular flexibility index (Phi) is 2.46. The predicted molar refractivity (Wildman–Crippen MR) is 59.8 cm³/mol. The summed E-state index contributed by atoms with van der Waals surface area (Å²) in [7, 11) is 0. The van der Waals surface area contributed by atoms with Gasteiger partial charge in [0.15, 0.2) is 0 Å². The zero-order chi connectivity index (χ0) is 11.1. The van der Waals surface area contributed by atoms with Crippen LogP contribution in [0.2, 0.25) is 0 Å². The molecule has 2 heterocycles. The molecule has 1 atom stereocenters. The fraction of sp³-hybridized carbons (Fsp3) is 0.727. The Morgan fingerprint density at radius 3 is 2.80 bits per heavy atom. The van der Waals surface area contributed by atoms with Crippen LogP contribution in [-0.2, 0) is 10.2 Å². The molecule has 1 aliphatic heterocycles. The molecule has 4 heteroatoms. The van der Waals surface area contributed by atoms with E-state index in [1.807, 2.05) is 10.7 Å². The molecule has 1 saturated heterocycles. The van der Waals surface area contributed by atoms with Crippen LogP contribution in [-0.4, -0.2) is 23.0 Å². The maximum atomic E-state index is 5.77. The van der Waals surface area contributed by atoms with Crippen LogP contribution >= 0.6 is 0 Å². The van der Waals surface area contributed by atoms with Gasteiger partial charge in [0, 0.05) is 23.8 Å². The zero-order valence-corrected chi connectivity index (χ0v) is 9.66. The average Bonchev–Trinajstić information content (AvgIpc) is 2.68. The number of rotatable bonds is 1. The van der Waals surface area contributed by atoms with E-state index < -0.39 is 0 Å². The standard InChI is InChI=1S/C11H19N3O/c1-11(2,3)9-6-10(12)13-14(9)8-4-5-15-7-8/h6,8H,4-5,7H2,1-3H3,(H2,12,13)/t8-/m1/s1. The Morgan fingerprint density at radius 2 is 2.27 bits per heavy atom. The topological polar surface area (TPSA) is 53.1 Å². The van der Waals surface area contributed by atoms with Gasteiger partial charge in [-0.2, -0.15) is 5.10 Å². The summed E-state index contributed by atoms with van der Waals surface area (Å²) in [6, 6.07) is 2.33. The van der Waals surface area contributed by atoms with Crippen LogP contribution in [0.15, 0.2) is 6.07 Å². The van der Waals surface area contributed by atoms with E-state index >= 15 is 0 Å². The first-order chi connectivity index (χ1) is 6.98. The van der Waals surface area contributed by atoms with Crippen LogP contribution in [0.5, 0.6) is 0 Å². The third-order valence-electron chi connectivity index (χ3n) is 2.77. The van der Waals surface area contributed by atoms with E-state index in [1.54, 1.807) is 0 Å². The number of aromatic nitrogens is 2. The van der Waals surface area contributed by atoms with Gasteiger partial charge < -0.3 is 10.5 Å². The monoisotopic (exact) mass is 209 g/mol. The van der Waals surface area contributed by atoms with E-state index in [1.165, 1.54) is 5.69 Å². The van der Waals surface area contributed by atoms with Crippen molar-refractivity contribution in [3.05, 3.63) is 11.8 Å². The predicted octanol–water partition coefficient (Wildman–Crippen LogP) is 1.72. The molecule has 0 radical (unpaired) electrons. The summed E-state index contributed by atoms with van der Waals surface area (Å²) in [5, 5.41) is 4.37. The minimum Gasteiger partial charge on any atom is -0.382 e. The average molecular weight is 209 g/mol. The van der Waals surface area contributed by atoms with Gasteiger partial charge in [0.1, 0.15) is 5.82 Å². The Labute approximate surface area is 90.4 Å². The van der Waals surface area contributed by atoms with Gasteiger partial charge in [-0.3, -0.25) is 4.68 Å². The van der Waals surface area contributed by atoms with Gasteiger partial charge in [0.25, 0.3) is 0 Å². The lowest BCUT2D eigenvalue weighted by molar-refractivity contribution is 0.183. The number of anilines is 1. The Morgan fingerprint density at radius 1 is 1.53 bits per heavy atom. The van der Waals surface area contributed by atoms with Crippen LogP contribution in [0.1, 0.15) is 38.9 Å². The highest BCUT2D eigenvalue weighted by Gasteiger charge is 2.26. The summed E-state index contributed by atoms with van der Waals surface area (Å²) < 4.78 is 7.43. The summed E-state index contributed by atoms with van der Waals surface area (Å²) in [5.41, 5.74) is 7.04. The van der Waals surface area contributed by atoms with Gasteiger partial charge in [0.2, 0.25) is 0 Å². The molecule has 15 heavy (non-hydrogen) atoms. The fourth-order valence-electron chi connectivity index (χ4n) is 1.97. The summed E-state index contributed by atoms with van der Waals surface area (Å²) in [6.45, 7) is 8.11. The van der Waals surface area contributed by atoms with Crippen molar-refractivity contribution in [3.63, 3.8) is 0 Å². The maximum Gasteiger partial charge on any atom is 0.145 e. The first kappa shape index (κ1) is 10.5. The third kappa shape index (κ3) is 2.00. The molecule has 2 rings (SSSR count). The molecule has 1 aromatic rings. The number of ether oxygens (including phenoxy) is 1. The van der Waals surface area contributed by atoms with Crippen LogP contribution < -0.4 is 5.73 Å². The van der Waals surface area contributed by atoms with E-state index in [0.29, 0.717) is 11.9 Å². The van der Waals surface area contributed by atoms with Crippen LogP contribution in [0.4, 0.5) is 5.82 Å². The van der Waals surface area contributed by atoms with Crippen molar-refractivity contribution in [2.24, 2.45) is 0 Å². The minimum absolute atomic E-state index is 0.0766. The number of nitrogen functional groups attached to an aromatic ring is 1. The van der Waals surface area contributed by atoms with Gasteiger partial charge in [-0.15, -0.1) is 0 Å². The van der Waals surface area contributed by atoms with Crippen molar-refractivity contribution in [1.82, 2.24) is 9.78 Å². The van der Waals surface area contributed by atoms with Crippen molar-refractivity contribution in [3.8, 4) is 0 Å². The lowest BCUT2D eigenvalue weighted by Crippen LogP contribution is -2.22. The van der Waals surface area contributed by atoms with Crippen LogP contribution in [0.3, 0.4) is 0 Å². The second kappa shape index (κ2) is 3.52. The van der Waals surface area contributed by atoms with Gasteiger partial charge in [-0.1, -0.05) is 20.8 Å². The van der Waals surface area contributed by atoms with Crippen molar-refractivity contribution in [2.45, 2.75) is 38.6 Å². The quantitative estimate of drug-likeness (QED) is 0.766. The summed E-state index contributed by atoms with van der Waals surface area (Å²) >= 11 is 0. The molecule has 1 aliphatic rings. The molecule has 2 N–H and O–H groups in total. The van der Waals surface area contributed by atoms with E-state index in [4.69, 9.17) is 10.5 Å². The minimum atomic E-state index is 0.0766. The molecule has 84 valence electrons. The number of nitrogens with two attached hydrogens (primary N) is 1. The molecule has 4 nitrogen and oxygen atoms in total. The summed E-state index contributed by atoms with van der Waals surface area (Å²) in [6.07, 6.45) is 1.03. The Balaban J connectivity index is 2.37. The highest BCUT2D eigenvalue weighted by molar-refractivity contribution is 5.33. The summed E-state index contributed by atoms with van der Waals surface area (Å²) in [5.74, 6) is 0.604. The SMILES string of the molecule is CC(C)(C)c1cc(N)nn1[C@@H]1CCOC1. The first-order valence-electron chi connectivity index (χ1n) is 5.42. The lowest BCUT2D eigenvalue weighted by Gasteiger charge is -2.22. The van der Waals surface area contributed by atoms with E-state index in [9.17, 15) is 0 Å². The Bertz CT molecular complexity index is 345. The van der Waals surface area contributed by atoms with Crippen LogP contribution in [0.25, 0.3) is 0 Å². The zero-order valence-electron chi connectivity index (χ0n) is 9.66. The molecule has 0 aliphatic carbocycles. The number of hydrogen-bond acceptors (Lipinski definition) is 3. The molecular weight excluding hydrogens is 190 g/mol. The van der Waals surface area contributed by atoms with Crippen molar-refractivity contribution >= 4 is 5.82 Å². The lowest BCUT2D eigenvalue weighted by atomic mass is 9.91. The molecular formula is C11H19N3O. The van der Waals surface area contributed by atoms with Crippen LogP contribution in [0, 0.1) is 0 Å². The molecule has 0 saturated carbocycles. The van der Waals surface area contributed by atoms with Gasteiger partial charge >= 0.3 is 0 Å². The van der Waals surface area contributed by atoms with Crippen molar-refractivity contribution in [1.29, 1.82) is 0 Å². The second-order valence-corrected chi connectivity index (χ2v) is 5.17. The van der Waals surface area contributed by atoms with E-state index in [2.05, 4.69) is 25.9 Å². The maximum absolute atomic E-state index is 5.77. The molecule has 0 amide bonds. The number of hydrogen-bond donors (Lipinski definition) is 1. The Hall–Kier alpha value is -1.03. The third-order valence-corrected chi connectivity index (χ3v) is 2.77. The molecule has 0 bridgehead atoms. The van der Waals surface area contributed by atoms with Gasteiger partial charge in [0.05, 0.1) is 12.6 Å². The van der Waals surface area contributed by atoms with Crippen molar-refractivity contribution < 1.29 is 4.74 Å². The normalized spacial score (nSPS) is 22.2. The van der Waals surface area contributed by atoms with Crippen molar-refractivity contribution in [2.75, 3.05) is 18.9 Å². The molecule has 0 aromatic carbocycles. The molecule has 0 spiro atoms. The molecule has 1 fully saturated rings. The number of nitrogens with zero attached hydrogens (tertiary/aromatic N) is 2.